The molecule has 172 valence electrons. The van der Waals surface area contributed by atoms with Crippen LogP contribution in [0.5, 0.6) is 17.2 Å². The van der Waals surface area contributed by atoms with Crippen LogP contribution in [0.25, 0.3) is 0 Å². The van der Waals surface area contributed by atoms with E-state index in [9.17, 15) is 9.59 Å². The molecule has 2 amide bonds. The molecule has 0 saturated carbocycles. The van der Waals surface area contributed by atoms with E-state index in [2.05, 4.69) is 5.32 Å². The summed E-state index contributed by atoms with van der Waals surface area (Å²) in [6.45, 7) is 3.71. The molecule has 7 heteroatoms. The van der Waals surface area contributed by atoms with E-state index in [0.29, 0.717) is 49.6 Å². The van der Waals surface area contributed by atoms with Crippen LogP contribution in [0.3, 0.4) is 0 Å². The summed E-state index contributed by atoms with van der Waals surface area (Å²) in [6.07, 6.45) is 2.56. The topological polar surface area (TPSA) is 77.1 Å². The van der Waals surface area contributed by atoms with Crippen molar-refractivity contribution >= 4 is 11.8 Å². The largest absolute Gasteiger partial charge is 0.497 e. The standard InChI is InChI=1S/C25H32N2O5/c1-18-7-4-5-8-23(18)32-14-6-9-24(28)26-20-10-12-27(13-11-20)25(29)19-15-21(30-2)17-22(16-19)31-3/h4-5,7-8,15-17,20H,6,9-14H2,1-3H3,(H,26,28). The van der Waals surface area contributed by atoms with Crippen LogP contribution in [0.4, 0.5) is 0 Å². The Morgan fingerprint density at radius 3 is 2.31 bits per heavy atom. The third kappa shape index (κ3) is 6.39. The second kappa shape index (κ2) is 11.4. The molecule has 3 rings (SSSR count). The van der Waals surface area contributed by atoms with E-state index >= 15 is 0 Å². The number of para-hydroxylation sites is 1. The summed E-state index contributed by atoms with van der Waals surface area (Å²) >= 11 is 0. The van der Waals surface area contributed by atoms with Gasteiger partial charge in [0.2, 0.25) is 5.91 Å². The van der Waals surface area contributed by atoms with Crippen molar-refractivity contribution in [1.29, 1.82) is 0 Å². The molecule has 0 radical (unpaired) electrons. The minimum Gasteiger partial charge on any atom is -0.497 e. The Morgan fingerprint density at radius 1 is 1.03 bits per heavy atom. The number of amides is 2. The van der Waals surface area contributed by atoms with Gasteiger partial charge in [0.05, 0.1) is 20.8 Å². The molecule has 1 fully saturated rings. The minimum atomic E-state index is -0.0552. The first-order chi connectivity index (χ1) is 15.5. The van der Waals surface area contributed by atoms with Crippen LogP contribution in [0, 0.1) is 6.92 Å². The fraction of sp³-hybridized carbons (Fsp3) is 0.440. The normalized spacial score (nSPS) is 14.0. The van der Waals surface area contributed by atoms with E-state index in [0.717, 1.165) is 24.2 Å². The van der Waals surface area contributed by atoms with Gasteiger partial charge in [0.1, 0.15) is 17.2 Å². The summed E-state index contributed by atoms with van der Waals surface area (Å²) in [7, 11) is 3.12. The zero-order chi connectivity index (χ0) is 22.9. The molecule has 1 N–H and O–H groups in total. The fourth-order valence-electron chi connectivity index (χ4n) is 3.77. The van der Waals surface area contributed by atoms with Gasteiger partial charge in [-0.1, -0.05) is 18.2 Å². The predicted octanol–water partition coefficient (Wildman–Crippen LogP) is 3.59. The first-order valence-corrected chi connectivity index (χ1v) is 11.0. The maximum absolute atomic E-state index is 12.9. The van der Waals surface area contributed by atoms with E-state index in [1.165, 1.54) is 0 Å². The average Bonchev–Trinajstić information content (AvgIpc) is 2.82. The molecule has 0 unspecified atom stereocenters. The number of ether oxygens (including phenoxy) is 3. The van der Waals surface area contributed by atoms with E-state index in [1.54, 1.807) is 32.4 Å². The molecule has 32 heavy (non-hydrogen) atoms. The third-order valence-corrected chi connectivity index (χ3v) is 5.65. The van der Waals surface area contributed by atoms with Crippen molar-refractivity contribution in [2.24, 2.45) is 0 Å². The Hall–Kier alpha value is -3.22. The van der Waals surface area contributed by atoms with Gasteiger partial charge in [-0.15, -0.1) is 0 Å². The summed E-state index contributed by atoms with van der Waals surface area (Å²) in [5, 5.41) is 3.09. The number of nitrogens with zero attached hydrogens (tertiary/aromatic N) is 1. The van der Waals surface area contributed by atoms with Crippen LogP contribution in [-0.4, -0.2) is 56.7 Å². The summed E-state index contributed by atoms with van der Waals surface area (Å²) in [4.78, 5) is 27.0. The summed E-state index contributed by atoms with van der Waals surface area (Å²) in [5.41, 5.74) is 1.63. The number of carbonyl (C=O) groups is 2. The number of rotatable bonds is 9. The van der Waals surface area contributed by atoms with Gasteiger partial charge < -0.3 is 24.4 Å². The van der Waals surface area contributed by atoms with Crippen LogP contribution in [0.15, 0.2) is 42.5 Å². The fourth-order valence-corrected chi connectivity index (χ4v) is 3.77. The first kappa shape index (κ1) is 23.4. The smallest absolute Gasteiger partial charge is 0.254 e. The zero-order valence-corrected chi connectivity index (χ0v) is 19.1. The van der Waals surface area contributed by atoms with Gasteiger partial charge in [0, 0.05) is 37.2 Å². The molecule has 0 aromatic heterocycles. The number of likely N-dealkylation sites (tertiary alicyclic amines) is 1. The Balaban J connectivity index is 1.40. The zero-order valence-electron chi connectivity index (χ0n) is 19.1. The minimum absolute atomic E-state index is 0.0284. The first-order valence-electron chi connectivity index (χ1n) is 11.0. The Bertz CT molecular complexity index is 900. The van der Waals surface area contributed by atoms with Gasteiger partial charge in [-0.25, -0.2) is 0 Å². The van der Waals surface area contributed by atoms with Crippen LogP contribution >= 0.6 is 0 Å². The number of methoxy groups -OCH3 is 2. The lowest BCUT2D eigenvalue weighted by Crippen LogP contribution is -2.46. The number of carbonyl (C=O) groups excluding carboxylic acids is 2. The molecule has 1 saturated heterocycles. The van der Waals surface area contributed by atoms with Gasteiger partial charge in [-0.2, -0.15) is 0 Å². The number of nitrogens with one attached hydrogen (secondary N) is 1. The summed E-state index contributed by atoms with van der Waals surface area (Å²) in [5.74, 6) is 2.00. The molecule has 1 aliphatic heterocycles. The van der Waals surface area contributed by atoms with E-state index in [1.807, 2.05) is 36.1 Å². The number of hydrogen-bond donors (Lipinski definition) is 1. The van der Waals surface area contributed by atoms with Crippen molar-refractivity contribution in [3.63, 3.8) is 0 Å². The molecule has 0 bridgehead atoms. The number of piperidine rings is 1. The third-order valence-electron chi connectivity index (χ3n) is 5.65. The van der Waals surface area contributed by atoms with Gasteiger partial charge in [0.25, 0.3) is 5.91 Å². The molecule has 0 spiro atoms. The Kier molecular flexibility index (Phi) is 8.36. The highest BCUT2D eigenvalue weighted by Crippen LogP contribution is 2.24. The molecule has 0 aliphatic carbocycles. The lowest BCUT2D eigenvalue weighted by atomic mass is 10.0. The van der Waals surface area contributed by atoms with E-state index in [-0.39, 0.29) is 17.9 Å². The Labute approximate surface area is 189 Å². The van der Waals surface area contributed by atoms with Gasteiger partial charge in [0.15, 0.2) is 0 Å². The van der Waals surface area contributed by atoms with Crippen molar-refractivity contribution in [2.45, 2.75) is 38.6 Å². The average molecular weight is 441 g/mol. The predicted molar refractivity (Wildman–Crippen MR) is 123 cm³/mol. The van der Waals surface area contributed by atoms with E-state index < -0.39 is 0 Å². The number of aryl methyl sites for hydroxylation is 1. The quantitative estimate of drug-likeness (QED) is 0.603. The molecule has 2 aromatic rings. The molecule has 1 heterocycles. The van der Waals surface area contributed by atoms with Crippen molar-refractivity contribution in [3.8, 4) is 17.2 Å². The lowest BCUT2D eigenvalue weighted by Gasteiger charge is -2.32. The SMILES string of the molecule is COc1cc(OC)cc(C(=O)N2CCC(NC(=O)CCCOc3ccccc3C)CC2)c1. The van der Waals surface area contributed by atoms with Crippen molar-refractivity contribution in [2.75, 3.05) is 33.9 Å². The highest BCUT2D eigenvalue weighted by atomic mass is 16.5. The van der Waals surface area contributed by atoms with Gasteiger partial charge >= 0.3 is 0 Å². The van der Waals surface area contributed by atoms with Crippen LogP contribution < -0.4 is 19.5 Å². The second-order valence-electron chi connectivity index (χ2n) is 7.95. The van der Waals surface area contributed by atoms with Crippen LogP contribution in [0.2, 0.25) is 0 Å². The summed E-state index contributed by atoms with van der Waals surface area (Å²) < 4.78 is 16.3. The van der Waals surface area contributed by atoms with Gasteiger partial charge in [-0.05, 0) is 49.9 Å². The molecule has 1 aliphatic rings. The second-order valence-corrected chi connectivity index (χ2v) is 7.95. The highest BCUT2D eigenvalue weighted by molar-refractivity contribution is 5.95. The lowest BCUT2D eigenvalue weighted by molar-refractivity contribution is -0.122. The number of benzene rings is 2. The van der Waals surface area contributed by atoms with Crippen LogP contribution in [-0.2, 0) is 4.79 Å². The maximum atomic E-state index is 12.9. The molecule has 0 atom stereocenters. The molecular formula is C25H32N2O5. The highest BCUT2D eigenvalue weighted by Gasteiger charge is 2.25. The molecule has 2 aromatic carbocycles. The van der Waals surface area contributed by atoms with Crippen molar-refractivity contribution < 1.29 is 23.8 Å². The number of hydrogen-bond acceptors (Lipinski definition) is 5. The van der Waals surface area contributed by atoms with Crippen molar-refractivity contribution in [3.05, 3.63) is 53.6 Å². The molecule has 7 nitrogen and oxygen atoms in total. The summed E-state index contributed by atoms with van der Waals surface area (Å²) in [6, 6.07) is 13.1. The van der Waals surface area contributed by atoms with Gasteiger partial charge in [-0.3, -0.25) is 9.59 Å². The van der Waals surface area contributed by atoms with Crippen molar-refractivity contribution in [1.82, 2.24) is 10.2 Å². The maximum Gasteiger partial charge on any atom is 0.254 e. The van der Waals surface area contributed by atoms with E-state index in [4.69, 9.17) is 14.2 Å². The van der Waals surface area contributed by atoms with Crippen LogP contribution in [0.1, 0.15) is 41.6 Å². The Morgan fingerprint density at radius 2 is 1.69 bits per heavy atom. The molecular weight excluding hydrogens is 408 g/mol. The monoisotopic (exact) mass is 440 g/mol.